The summed E-state index contributed by atoms with van der Waals surface area (Å²) in [6.45, 7) is 2.63. The Morgan fingerprint density at radius 3 is 2.85 bits per heavy atom. The largest absolute Gasteiger partial charge is 0.484 e. The average Bonchev–Trinajstić information content (AvgIpc) is 2.96. The molecule has 1 aromatic heterocycles. The van der Waals surface area contributed by atoms with Gasteiger partial charge in [-0.05, 0) is 25.5 Å². The zero-order valence-corrected chi connectivity index (χ0v) is 11.4. The van der Waals surface area contributed by atoms with E-state index in [0.29, 0.717) is 12.3 Å². The summed E-state index contributed by atoms with van der Waals surface area (Å²) in [6, 6.07) is 7.61. The van der Waals surface area contributed by atoms with Gasteiger partial charge in [-0.25, -0.2) is 4.98 Å². The van der Waals surface area contributed by atoms with E-state index in [1.54, 1.807) is 0 Å². The van der Waals surface area contributed by atoms with Crippen molar-refractivity contribution in [2.45, 2.75) is 19.8 Å². The highest BCUT2D eigenvalue weighted by molar-refractivity contribution is 5.77. The molecule has 0 spiro atoms. The molecule has 0 aliphatic carbocycles. The molecular weight excluding hydrogens is 256 g/mol. The molecule has 20 heavy (non-hydrogen) atoms. The maximum absolute atomic E-state index is 11.6. The number of H-pyrrole nitrogens is 1. The number of amides is 1. The summed E-state index contributed by atoms with van der Waals surface area (Å²) < 4.78 is 5.39. The summed E-state index contributed by atoms with van der Waals surface area (Å²) in [4.78, 5) is 15.6. The van der Waals surface area contributed by atoms with Crippen molar-refractivity contribution in [1.82, 2.24) is 20.5 Å². The third-order valence-electron chi connectivity index (χ3n) is 2.77. The Labute approximate surface area is 117 Å². The number of carbonyl (C=O) groups is 1. The molecule has 0 aliphatic heterocycles. The second kappa shape index (κ2) is 7.28. The van der Waals surface area contributed by atoms with Gasteiger partial charge in [0, 0.05) is 13.0 Å². The first-order valence-corrected chi connectivity index (χ1v) is 6.54. The highest BCUT2D eigenvalue weighted by atomic mass is 16.5. The first kappa shape index (κ1) is 14.0. The monoisotopic (exact) mass is 274 g/mol. The molecule has 6 heteroatoms. The first-order chi connectivity index (χ1) is 9.74. The van der Waals surface area contributed by atoms with E-state index in [1.807, 2.05) is 31.2 Å². The summed E-state index contributed by atoms with van der Waals surface area (Å²) >= 11 is 0. The maximum Gasteiger partial charge on any atom is 0.257 e. The van der Waals surface area contributed by atoms with E-state index in [-0.39, 0.29) is 12.5 Å². The molecule has 1 amide bonds. The Kier molecular flexibility index (Phi) is 5.11. The predicted octanol–water partition coefficient (Wildman–Crippen LogP) is 1.24. The van der Waals surface area contributed by atoms with Crippen LogP contribution in [0.3, 0.4) is 0 Å². The standard InChI is InChI=1S/C14H18N4O2/c1-11-4-6-12(7-5-11)20-9-14(19)15-8-2-3-13-16-10-17-18-13/h4-7,10H,2-3,8-9H2,1H3,(H,15,19)(H,16,17,18). The van der Waals surface area contributed by atoms with E-state index in [0.717, 1.165) is 24.2 Å². The minimum atomic E-state index is -0.122. The zero-order valence-electron chi connectivity index (χ0n) is 11.4. The zero-order chi connectivity index (χ0) is 14.2. The van der Waals surface area contributed by atoms with E-state index in [2.05, 4.69) is 20.5 Å². The van der Waals surface area contributed by atoms with Crippen molar-refractivity contribution in [3.05, 3.63) is 42.0 Å². The smallest absolute Gasteiger partial charge is 0.257 e. The van der Waals surface area contributed by atoms with Gasteiger partial charge >= 0.3 is 0 Å². The molecule has 6 nitrogen and oxygen atoms in total. The van der Waals surface area contributed by atoms with Crippen LogP contribution in [-0.4, -0.2) is 34.2 Å². The highest BCUT2D eigenvalue weighted by Gasteiger charge is 2.02. The molecule has 0 radical (unpaired) electrons. The number of benzene rings is 1. The van der Waals surface area contributed by atoms with E-state index >= 15 is 0 Å². The van der Waals surface area contributed by atoms with Gasteiger partial charge in [0.05, 0.1) is 0 Å². The Bertz CT molecular complexity index is 523. The topological polar surface area (TPSA) is 79.9 Å². The lowest BCUT2D eigenvalue weighted by atomic mass is 10.2. The molecule has 0 atom stereocenters. The molecule has 2 N–H and O–H groups in total. The summed E-state index contributed by atoms with van der Waals surface area (Å²) in [7, 11) is 0. The summed E-state index contributed by atoms with van der Waals surface area (Å²) in [5, 5.41) is 9.34. The molecule has 0 unspecified atom stereocenters. The van der Waals surface area contributed by atoms with Gasteiger partial charge in [-0.15, -0.1) is 0 Å². The van der Waals surface area contributed by atoms with Crippen LogP contribution in [0.2, 0.25) is 0 Å². The first-order valence-electron chi connectivity index (χ1n) is 6.54. The SMILES string of the molecule is Cc1ccc(OCC(=O)NCCCc2ncn[nH]2)cc1. The highest BCUT2D eigenvalue weighted by Crippen LogP contribution is 2.10. The van der Waals surface area contributed by atoms with Crippen LogP contribution >= 0.6 is 0 Å². The van der Waals surface area contributed by atoms with Gasteiger partial charge in [0.1, 0.15) is 17.9 Å². The summed E-state index contributed by atoms with van der Waals surface area (Å²) in [5.41, 5.74) is 1.16. The van der Waals surface area contributed by atoms with Gasteiger partial charge in [-0.2, -0.15) is 5.10 Å². The molecule has 1 heterocycles. The van der Waals surface area contributed by atoms with Gasteiger partial charge in [0.15, 0.2) is 6.61 Å². The lowest BCUT2D eigenvalue weighted by Crippen LogP contribution is -2.29. The van der Waals surface area contributed by atoms with Gasteiger partial charge < -0.3 is 10.1 Å². The quantitative estimate of drug-likeness (QED) is 0.744. The minimum Gasteiger partial charge on any atom is -0.484 e. The van der Waals surface area contributed by atoms with Crippen LogP contribution in [0.4, 0.5) is 0 Å². The maximum atomic E-state index is 11.6. The molecule has 2 rings (SSSR count). The van der Waals surface area contributed by atoms with Crippen LogP contribution in [-0.2, 0) is 11.2 Å². The van der Waals surface area contributed by atoms with Crippen molar-refractivity contribution in [2.24, 2.45) is 0 Å². The number of aryl methyl sites for hydroxylation is 2. The van der Waals surface area contributed by atoms with Crippen molar-refractivity contribution in [1.29, 1.82) is 0 Å². The van der Waals surface area contributed by atoms with E-state index in [4.69, 9.17) is 4.74 Å². The summed E-state index contributed by atoms with van der Waals surface area (Å²) in [5.74, 6) is 1.41. The molecule has 2 aromatic rings. The number of aromatic nitrogens is 3. The fourth-order valence-corrected chi connectivity index (χ4v) is 1.67. The number of hydrogen-bond acceptors (Lipinski definition) is 4. The minimum absolute atomic E-state index is 0.0331. The Hall–Kier alpha value is -2.37. The molecule has 0 bridgehead atoms. The van der Waals surface area contributed by atoms with Gasteiger partial charge in [0.25, 0.3) is 5.91 Å². The van der Waals surface area contributed by atoms with Crippen molar-refractivity contribution in [3.63, 3.8) is 0 Å². The Morgan fingerprint density at radius 2 is 2.15 bits per heavy atom. The number of nitrogens with zero attached hydrogens (tertiary/aromatic N) is 2. The number of aromatic amines is 1. The molecule has 1 aromatic carbocycles. The second-order valence-corrected chi connectivity index (χ2v) is 4.49. The third kappa shape index (κ3) is 4.72. The normalized spacial score (nSPS) is 10.2. The van der Waals surface area contributed by atoms with Crippen molar-refractivity contribution < 1.29 is 9.53 Å². The number of carbonyl (C=O) groups excluding carboxylic acids is 1. The lowest BCUT2D eigenvalue weighted by molar-refractivity contribution is -0.123. The van der Waals surface area contributed by atoms with Crippen molar-refractivity contribution in [2.75, 3.05) is 13.2 Å². The van der Waals surface area contributed by atoms with E-state index in [1.165, 1.54) is 6.33 Å². The van der Waals surface area contributed by atoms with E-state index < -0.39 is 0 Å². The molecule has 0 aliphatic rings. The number of nitrogens with one attached hydrogen (secondary N) is 2. The third-order valence-corrected chi connectivity index (χ3v) is 2.77. The average molecular weight is 274 g/mol. The molecule has 106 valence electrons. The van der Waals surface area contributed by atoms with Crippen LogP contribution in [0.15, 0.2) is 30.6 Å². The van der Waals surface area contributed by atoms with Crippen LogP contribution < -0.4 is 10.1 Å². The Balaban J connectivity index is 1.59. The molecule has 0 saturated carbocycles. The van der Waals surface area contributed by atoms with Gasteiger partial charge in [-0.1, -0.05) is 17.7 Å². The number of hydrogen-bond donors (Lipinski definition) is 2. The fourth-order valence-electron chi connectivity index (χ4n) is 1.67. The summed E-state index contributed by atoms with van der Waals surface area (Å²) in [6.07, 6.45) is 3.05. The number of rotatable bonds is 7. The van der Waals surface area contributed by atoms with Crippen LogP contribution in [0.1, 0.15) is 17.8 Å². The van der Waals surface area contributed by atoms with Crippen molar-refractivity contribution in [3.8, 4) is 5.75 Å². The van der Waals surface area contributed by atoms with Crippen LogP contribution in [0.25, 0.3) is 0 Å². The molecular formula is C14H18N4O2. The molecule has 0 saturated heterocycles. The van der Waals surface area contributed by atoms with E-state index in [9.17, 15) is 4.79 Å². The van der Waals surface area contributed by atoms with Gasteiger partial charge in [-0.3, -0.25) is 9.89 Å². The van der Waals surface area contributed by atoms with Crippen molar-refractivity contribution >= 4 is 5.91 Å². The lowest BCUT2D eigenvalue weighted by Gasteiger charge is -2.07. The predicted molar refractivity (Wildman–Crippen MR) is 74.4 cm³/mol. The molecule has 0 fully saturated rings. The number of ether oxygens (including phenoxy) is 1. The Morgan fingerprint density at radius 1 is 1.35 bits per heavy atom. The van der Waals surface area contributed by atoms with Crippen LogP contribution in [0, 0.1) is 6.92 Å². The van der Waals surface area contributed by atoms with Crippen LogP contribution in [0.5, 0.6) is 5.75 Å². The second-order valence-electron chi connectivity index (χ2n) is 4.49. The van der Waals surface area contributed by atoms with Gasteiger partial charge in [0.2, 0.25) is 0 Å². The fraction of sp³-hybridized carbons (Fsp3) is 0.357.